The fourth-order valence-electron chi connectivity index (χ4n) is 4.41. The molecule has 0 aromatic heterocycles. The molecule has 0 fully saturated rings. The average molecular weight is 495 g/mol. The molecule has 0 amide bonds. The first-order valence-electron chi connectivity index (χ1n) is 12.6. The van der Waals surface area contributed by atoms with Crippen LogP contribution in [0.5, 0.6) is 0 Å². The van der Waals surface area contributed by atoms with Gasteiger partial charge in [0.2, 0.25) is 18.1 Å². The number of hydrogen-bond donors (Lipinski definition) is 0. The molecule has 4 aromatic carbocycles. The fourth-order valence-corrected chi connectivity index (χ4v) is 11.0. The molecular weight excluding hydrogens is 457 g/mol. The van der Waals surface area contributed by atoms with E-state index in [0.29, 0.717) is 0 Å². The molecule has 0 radical (unpaired) electrons. The van der Waals surface area contributed by atoms with E-state index in [2.05, 4.69) is 151 Å². The van der Waals surface area contributed by atoms with Crippen molar-refractivity contribution >= 4 is 38.8 Å². The van der Waals surface area contributed by atoms with Crippen LogP contribution in [0.15, 0.2) is 109 Å². The van der Waals surface area contributed by atoms with E-state index in [1.54, 1.807) is 0 Å². The van der Waals surface area contributed by atoms with Crippen LogP contribution in [0.2, 0.25) is 0 Å². The molecule has 0 bridgehead atoms. The van der Waals surface area contributed by atoms with Crippen molar-refractivity contribution in [1.82, 2.24) is 0 Å². The van der Waals surface area contributed by atoms with E-state index in [9.17, 15) is 0 Å². The second kappa shape index (κ2) is 10.5. The molecule has 0 aliphatic rings. The van der Waals surface area contributed by atoms with Crippen molar-refractivity contribution in [2.75, 3.05) is 0 Å². The lowest BCUT2D eigenvalue weighted by Crippen LogP contribution is -2.56. The van der Waals surface area contributed by atoms with E-state index in [1.807, 2.05) is 0 Å². The van der Waals surface area contributed by atoms with Gasteiger partial charge in [-0.3, -0.25) is 0 Å². The predicted molar refractivity (Wildman–Crippen MR) is 157 cm³/mol. The Balaban J connectivity index is 1.76. The molecule has 0 N–H and O–H groups in total. The Hall–Kier alpha value is -2.73. The van der Waals surface area contributed by atoms with E-state index < -0.39 is 18.1 Å². The highest BCUT2D eigenvalue weighted by atomic mass is 28.4. The van der Waals surface area contributed by atoms with Crippen LogP contribution in [-0.4, -0.2) is 18.1 Å². The Kier molecular flexibility index (Phi) is 7.60. The third-order valence-electron chi connectivity index (χ3n) is 6.64. The van der Waals surface area contributed by atoms with Crippen molar-refractivity contribution in [1.29, 1.82) is 0 Å². The molecule has 2 unspecified atom stereocenters. The minimum Gasteiger partial charge on any atom is -0.446 e. The van der Waals surface area contributed by atoms with Gasteiger partial charge in [-0.15, -0.1) is 0 Å². The minimum absolute atomic E-state index is 0.138. The second-order valence-corrected chi connectivity index (χ2v) is 16.7. The Labute approximate surface area is 215 Å². The van der Waals surface area contributed by atoms with E-state index >= 15 is 0 Å². The summed E-state index contributed by atoms with van der Waals surface area (Å²) < 4.78 is 7.32. The molecule has 1 nitrogen and oxygen atoms in total. The van der Waals surface area contributed by atoms with E-state index in [1.165, 1.54) is 31.9 Å². The smallest absolute Gasteiger partial charge is 0.228 e. The van der Waals surface area contributed by atoms with Gasteiger partial charge in [-0.25, -0.2) is 0 Å². The van der Waals surface area contributed by atoms with Crippen LogP contribution in [-0.2, 0) is 14.9 Å². The predicted octanol–water partition coefficient (Wildman–Crippen LogP) is 4.67. The highest BCUT2D eigenvalue weighted by molar-refractivity contribution is 6.91. The van der Waals surface area contributed by atoms with Crippen LogP contribution in [0.25, 0.3) is 0 Å². The highest BCUT2D eigenvalue weighted by Crippen LogP contribution is 2.22. The van der Waals surface area contributed by atoms with E-state index in [0.717, 1.165) is 0 Å². The van der Waals surface area contributed by atoms with Gasteiger partial charge in [0.25, 0.3) is 0 Å². The molecule has 0 spiro atoms. The molecule has 0 heterocycles. The lowest BCUT2D eigenvalue weighted by Gasteiger charge is -2.27. The molecule has 180 valence electrons. The monoisotopic (exact) mass is 494 g/mol. The van der Waals surface area contributed by atoms with Crippen molar-refractivity contribution in [3.63, 3.8) is 0 Å². The summed E-state index contributed by atoms with van der Waals surface area (Å²) in [5.74, 6) is 0. The summed E-state index contributed by atoms with van der Waals surface area (Å²) in [7, 11) is -3.81. The molecule has 4 aromatic rings. The summed E-state index contributed by atoms with van der Waals surface area (Å²) in [6.45, 7) is 13.6. The van der Waals surface area contributed by atoms with Gasteiger partial charge in [0.15, 0.2) is 0 Å². The van der Waals surface area contributed by atoms with Crippen LogP contribution < -0.4 is 20.7 Å². The number of rotatable bonds is 6. The molecular formula is C32H38OSi2. The molecule has 3 heteroatoms. The SMILES string of the molecule is CC(C)(C)c1ccc([SiH](O[SiH](c2ccccc2)c2ccc(C(C)(C)C)cc2)c2ccccc2)cc1. The van der Waals surface area contributed by atoms with Crippen molar-refractivity contribution in [2.45, 2.75) is 52.4 Å². The quantitative estimate of drug-likeness (QED) is 0.354. The summed E-state index contributed by atoms with van der Waals surface area (Å²) in [4.78, 5) is 0. The van der Waals surface area contributed by atoms with Crippen LogP contribution >= 0.6 is 0 Å². The molecule has 4 rings (SSSR count). The van der Waals surface area contributed by atoms with Crippen LogP contribution in [0, 0.1) is 0 Å². The Bertz CT molecular complexity index is 1100. The van der Waals surface area contributed by atoms with Gasteiger partial charge < -0.3 is 4.12 Å². The molecule has 35 heavy (non-hydrogen) atoms. The van der Waals surface area contributed by atoms with Crippen LogP contribution in [0.1, 0.15) is 52.7 Å². The van der Waals surface area contributed by atoms with Gasteiger partial charge >= 0.3 is 0 Å². The lowest BCUT2D eigenvalue weighted by molar-refractivity contribution is 0.590. The van der Waals surface area contributed by atoms with Gasteiger partial charge in [-0.05, 0) is 42.7 Å². The molecule has 2 atom stereocenters. The Morgan fingerprint density at radius 2 is 0.686 bits per heavy atom. The van der Waals surface area contributed by atoms with Crippen molar-refractivity contribution < 1.29 is 4.12 Å². The maximum Gasteiger partial charge on any atom is 0.228 e. The Morgan fingerprint density at radius 1 is 0.400 bits per heavy atom. The summed E-state index contributed by atoms with van der Waals surface area (Å²) in [6.07, 6.45) is 0. The van der Waals surface area contributed by atoms with E-state index in [4.69, 9.17) is 4.12 Å². The lowest BCUT2D eigenvalue weighted by atomic mass is 9.87. The zero-order valence-electron chi connectivity index (χ0n) is 22.0. The van der Waals surface area contributed by atoms with Gasteiger partial charge in [-0.1, -0.05) is 151 Å². The maximum atomic E-state index is 7.32. The third kappa shape index (κ3) is 6.29. The molecule has 0 saturated heterocycles. The molecule has 0 aliphatic heterocycles. The van der Waals surface area contributed by atoms with Gasteiger partial charge in [-0.2, -0.15) is 0 Å². The fraction of sp³-hybridized carbons (Fsp3) is 0.250. The first-order valence-corrected chi connectivity index (χ1v) is 15.8. The average Bonchev–Trinajstić information content (AvgIpc) is 2.85. The first kappa shape index (κ1) is 25.4. The summed E-state index contributed by atoms with van der Waals surface area (Å²) >= 11 is 0. The summed E-state index contributed by atoms with van der Waals surface area (Å²) in [5.41, 5.74) is 2.99. The minimum atomic E-state index is -1.91. The maximum absolute atomic E-state index is 7.32. The summed E-state index contributed by atoms with van der Waals surface area (Å²) in [6, 6.07) is 40.1. The van der Waals surface area contributed by atoms with Gasteiger partial charge in [0.1, 0.15) is 0 Å². The van der Waals surface area contributed by atoms with E-state index in [-0.39, 0.29) is 10.8 Å². The van der Waals surface area contributed by atoms with Crippen molar-refractivity contribution in [3.8, 4) is 0 Å². The van der Waals surface area contributed by atoms with Crippen molar-refractivity contribution in [2.24, 2.45) is 0 Å². The molecule has 0 saturated carbocycles. The van der Waals surface area contributed by atoms with Crippen molar-refractivity contribution in [3.05, 3.63) is 120 Å². The highest BCUT2D eigenvalue weighted by Gasteiger charge is 2.27. The largest absolute Gasteiger partial charge is 0.446 e. The zero-order chi connectivity index (χ0) is 25.1. The molecule has 0 aliphatic carbocycles. The number of benzene rings is 4. The second-order valence-electron chi connectivity index (χ2n) is 11.5. The number of hydrogen-bond acceptors (Lipinski definition) is 1. The van der Waals surface area contributed by atoms with Gasteiger partial charge in [0.05, 0.1) is 0 Å². The topological polar surface area (TPSA) is 9.23 Å². The van der Waals surface area contributed by atoms with Crippen LogP contribution in [0.3, 0.4) is 0 Å². The van der Waals surface area contributed by atoms with Crippen LogP contribution in [0.4, 0.5) is 0 Å². The standard InChI is InChI=1S/C32H38OSi2/c1-31(2,3)25-17-21-29(22-18-25)34(27-13-9-7-10-14-27)33-35(28-15-11-8-12-16-28)30-23-19-26(20-24-30)32(4,5)6/h7-24,34-35H,1-6H3. The zero-order valence-corrected chi connectivity index (χ0v) is 24.3. The Morgan fingerprint density at radius 3 is 0.971 bits per heavy atom. The third-order valence-corrected chi connectivity index (χ3v) is 12.8. The normalized spacial score (nSPS) is 13.9. The summed E-state index contributed by atoms with van der Waals surface area (Å²) in [5, 5.41) is 5.33. The van der Waals surface area contributed by atoms with Gasteiger partial charge in [0, 0.05) is 0 Å². The first-order chi connectivity index (χ1) is 16.6.